The van der Waals surface area contributed by atoms with Gasteiger partial charge in [0.2, 0.25) is 0 Å². The number of ether oxygens (including phenoxy) is 1. The van der Waals surface area contributed by atoms with Gasteiger partial charge in [0, 0.05) is 11.6 Å². The number of benzene rings is 1. The van der Waals surface area contributed by atoms with Crippen LogP contribution in [-0.2, 0) is 16.8 Å². The summed E-state index contributed by atoms with van der Waals surface area (Å²) in [4.78, 5) is 3.05. The van der Waals surface area contributed by atoms with E-state index in [1.54, 1.807) is 30.3 Å². The van der Waals surface area contributed by atoms with Gasteiger partial charge in [-0.05, 0) is 18.2 Å². The van der Waals surface area contributed by atoms with Crippen LogP contribution in [0.3, 0.4) is 0 Å². The van der Waals surface area contributed by atoms with Gasteiger partial charge in [-0.1, -0.05) is 18.2 Å². The highest BCUT2D eigenvalue weighted by Gasteiger charge is 2.24. The first kappa shape index (κ1) is 16.0. The normalized spacial score (nSPS) is 14.3. The molecule has 1 aromatic carbocycles. The molecule has 0 spiro atoms. The van der Waals surface area contributed by atoms with Gasteiger partial charge >= 0.3 is 10.3 Å². The molecule has 1 aliphatic rings. The lowest BCUT2D eigenvalue weighted by Gasteiger charge is -2.23. The van der Waals surface area contributed by atoms with Gasteiger partial charge < -0.3 is 10.3 Å². The summed E-state index contributed by atoms with van der Waals surface area (Å²) in [6.45, 7) is -0.0787. The Balaban J connectivity index is 2.35. The minimum absolute atomic E-state index is 0.0787. The fourth-order valence-electron chi connectivity index (χ4n) is 2.08. The number of allylic oxidation sites excluding steroid dienone is 3. The van der Waals surface area contributed by atoms with Gasteiger partial charge in [0.1, 0.15) is 5.75 Å². The van der Waals surface area contributed by atoms with E-state index in [1.165, 1.54) is 19.3 Å². The molecule has 0 atom stereocenters. The molecule has 0 bridgehead atoms. The Bertz CT molecular complexity index is 777. The van der Waals surface area contributed by atoms with Crippen molar-refractivity contribution in [1.29, 1.82) is 0 Å². The predicted molar refractivity (Wildman–Crippen MR) is 80.6 cm³/mol. The molecule has 0 aromatic heterocycles. The molecule has 0 saturated heterocycles. The Morgan fingerprint density at radius 2 is 2.09 bits per heavy atom. The van der Waals surface area contributed by atoms with Gasteiger partial charge in [-0.3, -0.25) is 4.55 Å². The van der Waals surface area contributed by atoms with Crippen molar-refractivity contribution in [1.82, 2.24) is 4.31 Å². The molecule has 1 aromatic rings. The van der Waals surface area contributed by atoms with Gasteiger partial charge in [-0.15, -0.1) is 0 Å². The van der Waals surface area contributed by atoms with Crippen LogP contribution in [-0.4, -0.2) is 34.9 Å². The van der Waals surface area contributed by atoms with Crippen molar-refractivity contribution in [2.24, 2.45) is 0 Å². The highest BCUT2D eigenvalue weighted by atomic mass is 32.2. The topological polar surface area (TPSA) is 103 Å². The zero-order valence-electron chi connectivity index (χ0n) is 11.9. The van der Waals surface area contributed by atoms with Gasteiger partial charge in [-0.2, -0.15) is 13.2 Å². The van der Waals surface area contributed by atoms with Crippen LogP contribution >= 0.6 is 0 Å². The van der Waals surface area contributed by atoms with Crippen LogP contribution in [0, 0.1) is 0 Å². The third kappa shape index (κ3) is 3.62. The molecule has 7 nitrogen and oxygen atoms in total. The van der Waals surface area contributed by atoms with Crippen molar-refractivity contribution in [3.8, 4) is 5.75 Å². The van der Waals surface area contributed by atoms with E-state index in [-0.39, 0.29) is 13.0 Å². The van der Waals surface area contributed by atoms with Gasteiger partial charge in [0.15, 0.2) is 0 Å². The van der Waals surface area contributed by atoms with E-state index in [4.69, 9.17) is 10.3 Å². The van der Waals surface area contributed by atoms with Crippen LogP contribution in [0.15, 0.2) is 48.2 Å². The van der Waals surface area contributed by atoms with E-state index >= 15 is 0 Å². The molecule has 0 fully saturated rings. The molecule has 8 heteroatoms. The molecule has 0 amide bonds. The summed E-state index contributed by atoms with van der Waals surface area (Å²) in [5.74, 6) is 0.522. The van der Waals surface area contributed by atoms with E-state index < -0.39 is 10.3 Å². The van der Waals surface area contributed by atoms with Crippen molar-refractivity contribution in [2.45, 2.75) is 13.0 Å². The van der Waals surface area contributed by atoms with Crippen molar-refractivity contribution in [3.63, 3.8) is 0 Å². The molecule has 22 heavy (non-hydrogen) atoms. The molecule has 0 aliphatic heterocycles. The Morgan fingerprint density at radius 3 is 2.64 bits per heavy atom. The average Bonchev–Trinajstić information content (AvgIpc) is 2.52. The fraction of sp³-hybridized carbons (Fsp3) is 0.214. The molecule has 0 radical (unpaired) electrons. The Morgan fingerprint density at radius 1 is 1.36 bits per heavy atom. The van der Waals surface area contributed by atoms with E-state index in [1.807, 2.05) is 0 Å². The minimum Gasteiger partial charge on any atom is -0.496 e. The second kappa shape index (κ2) is 6.57. The predicted octanol–water partition coefficient (Wildman–Crippen LogP) is 1.81. The summed E-state index contributed by atoms with van der Waals surface area (Å²) >= 11 is 0. The van der Waals surface area contributed by atoms with Crippen LogP contribution in [0.5, 0.6) is 5.75 Å². The molecule has 2 rings (SSSR count). The molecule has 0 unspecified atom stereocenters. The number of hydrogen-bond donors (Lipinski definition) is 1. The summed E-state index contributed by atoms with van der Waals surface area (Å²) in [5, 5.41) is 0. The monoisotopic (exact) mass is 321 g/mol. The van der Waals surface area contributed by atoms with E-state index in [2.05, 4.69) is 4.79 Å². The van der Waals surface area contributed by atoms with Crippen LogP contribution in [0.25, 0.3) is 5.53 Å². The summed E-state index contributed by atoms with van der Waals surface area (Å²) in [5.41, 5.74) is 9.99. The Labute approximate surface area is 128 Å². The van der Waals surface area contributed by atoms with Crippen molar-refractivity contribution in [2.75, 3.05) is 7.11 Å². The molecular formula is C14H15N3O4S. The SMILES string of the molecule is COc1ccccc1CN(C1=CCC(=[N+]=[N-])C=C1)S(=O)(=O)O. The smallest absolute Gasteiger partial charge is 0.360 e. The third-order valence-electron chi connectivity index (χ3n) is 3.17. The zero-order chi connectivity index (χ0) is 16.2. The lowest BCUT2D eigenvalue weighted by atomic mass is 10.1. The van der Waals surface area contributed by atoms with Crippen LogP contribution in [0.2, 0.25) is 0 Å². The van der Waals surface area contributed by atoms with Crippen LogP contribution in [0.1, 0.15) is 12.0 Å². The largest absolute Gasteiger partial charge is 0.496 e. The fourth-order valence-corrected chi connectivity index (χ4v) is 2.78. The lowest BCUT2D eigenvalue weighted by molar-refractivity contribution is -0.00546. The van der Waals surface area contributed by atoms with Crippen molar-refractivity contribution >= 4 is 16.0 Å². The summed E-state index contributed by atoms with van der Waals surface area (Å²) in [7, 11) is -2.97. The Hall–Kier alpha value is -2.41. The quantitative estimate of drug-likeness (QED) is 0.507. The summed E-state index contributed by atoms with van der Waals surface area (Å²) in [6.07, 6.45) is 4.76. The number of para-hydroxylation sites is 1. The highest BCUT2D eigenvalue weighted by Crippen LogP contribution is 2.24. The molecule has 0 heterocycles. The first-order valence-corrected chi connectivity index (χ1v) is 7.81. The maximum Gasteiger partial charge on any atom is 0.360 e. The maximum atomic E-state index is 11.7. The standard InChI is InChI=1S/C14H15N3O4S/c1-21-14-5-3-2-4-11(14)10-17(22(18,19)20)13-8-6-12(16-15)7-9-13/h2-6,8-9H,7,10H2,1H3,(H,18,19,20). The highest BCUT2D eigenvalue weighted by molar-refractivity contribution is 7.83. The van der Waals surface area contributed by atoms with Gasteiger partial charge in [0.05, 0.1) is 25.8 Å². The number of hydrogen-bond acceptors (Lipinski definition) is 3. The first-order chi connectivity index (χ1) is 10.5. The van der Waals surface area contributed by atoms with Crippen molar-refractivity contribution < 1.29 is 22.5 Å². The molecule has 0 saturated carbocycles. The average molecular weight is 321 g/mol. The van der Waals surface area contributed by atoms with E-state index in [0.717, 1.165) is 4.31 Å². The first-order valence-electron chi connectivity index (χ1n) is 6.42. The summed E-state index contributed by atoms with van der Waals surface area (Å²) < 4.78 is 38.9. The Kier molecular flexibility index (Phi) is 4.77. The zero-order valence-corrected chi connectivity index (χ0v) is 12.7. The maximum absolute atomic E-state index is 11.7. The van der Waals surface area contributed by atoms with Crippen molar-refractivity contribution in [3.05, 3.63) is 59.3 Å². The van der Waals surface area contributed by atoms with Gasteiger partial charge in [-0.25, -0.2) is 4.31 Å². The number of rotatable bonds is 5. The second-order valence-electron chi connectivity index (χ2n) is 4.55. The minimum atomic E-state index is -4.46. The van der Waals surface area contributed by atoms with E-state index in [0.29, 0.717) is 22.7 Å². The lowest BCUT2D eigenvalue weighted by Crippen LogP contribution is -2.29. The van der Waals surface area contributed by atoms with Crippen LogP contribution in [0.4, 0.5) is 0 Å². The third-order valence-corrected chi connectivity index (χ3v) is 4.07. The number of nitrogens with zero attached hydrogens (tertiary/aromatic N) is 3. The van der Waals surface area contributed by atoms with Gasteiger partial charge in [0.25, 0.3) is 5.71 Å². The van der Waals surface area contributed by atoms with E-state index in [9.17, 15) is 13.0 Å². The second-order valence-corrected chi connectivity index (χ2v) is 5.89. The van der Waals surface area contributed by atoms with Crippen LogP contribution < -0.4 is 4.74 Å². The molecule has 116 valence electrons. The molecule has 1 aliphatic carbocycles. The summed E-state index contributed by atoms with van der Waals surface area (Å²) in [6, 6.07) is 6.94. The molecule has 1 N–H and O–H groups in total. The number of methoxy groups -OCH3 is 1. The molecular weight excluding hydrogens is 306 g/mol.